The Labute approximate surface area is 337 Å². The Hall–Kier alpha value is -7.74. The standard InChI is InChI=1S/C54H36N4/c55-35-47-16-8-9-17-48(47)38-21-23-39(24-22-38)51-49-18-10-7-11-37(49)31-32-50(51)46-30-29-44-33-43(27-28-45(44)34-46)36-19-25-42(26-20-36)54-57-52(40-12-3-1-4-13-40)56-53(58-54)41-14-5-2-6-15-41/h1-5,7-14,16-34H,6,15H2. The highest BCUT2D eigenvalue weighted by Crippen LogP contribution is 2.40. The molecule has 1 aliphatic rings. The van der Waals surface area contributed by atoms with Crippen LogP contribution in [0.25, 0.3) is 94.4 Å². The normalized spacial score (nSPS) is 12.4. The number of rotatable bonds is 7. The first-order valence-electron chi connectivity index (χ1n) is 19.6. The lowest BCUT2D eigenvalue weighted by Gasteiger charge is -2.16. The molecule has 0 aliphatic heterocycles. The van der Waals surface area contributed by atoms with Crippen LogP contribution in [0.4, 0.5) is 0 Å². The molecule has 0 atom stereocenters. The Kier molecular flexibility index (Phi) is 9.02. The van der Waals surface area contributed by atoms with Crippen molar-refractivity contribution in [1.82, 2.24) is 15.0 Å². The van der Waals surface area contributed by atoms with Crippen LogP contribution in [-0.4, -0.2) is 15.0 Å². The third kappa shape index (κ3) is 6.66. The second-order valence-electron chi connectivity index (χ2n) is 14.6. The topological polar surface area (TPSA) is 62.5 Å². The quantitative estimate of drug-likeness (QED) is 0.163. The Balaban J connectivity index is 0.977. The van der Waals surface area contributed by atoms with Crippen LogP contribution in [-0.2, 0) is 0 Å². The van der Waals surface area contributed by atoms with Gasteiger partial charge in [0.25, 0.3) is 0 Å². The van der Waals surface area contributed by atoms with Gasteiger partial charge < -0.3 is 0 Å². The SMILES string of the molecule is N#Cc1ccccc1-c1ccc(-c2c(-c3ccc4cc(-c5ccc(-c6nc(C7=CC=CCC7)nc(-c7ccccc7)n6)cc5)ccc4c3)ccc3ccccc23)cc1. The molecule has 0 bridgehead atoms. The number of hydrogen-bond acceptors (Lipinski definition) is 4. The third-order valence-corrected chi connectivity index (χ3v) is 11.1. The molecule has 0 amide bonds. The van der Waals surface area contributed by atoms with E-state index in [2.05, 4.69) is 146 Å². The summed E-state index contributed by atoms with van der Waals surface area (Å²) in [5, 5.41) is 14.5. The van der Waals surface area contributed by atoms with E-state index in [1.165, 1.54) is 32.7 Å². The summed E-state index contributed by atoms with van der Waals surface area (Å²) < 4.78 is 0. The average molecular weight is 741 g/mol. The maximum atomic E-state index is 9.71. The summed E-state index contributed by atoms with van der Waals surface area (Å²) in [5.41, 5.74) is 12.7. The van der Waals surface area contributed by atoms with Crippen LogP contribution in [0.15, 0.2) is 194 Å². The number of benzene rings is 8. The van der Waals surface area contributed by atoms with Crippen LogP contribution in [0.1, 0.15) is 24.2 Å². The minimum absolute atomic E-state index is 0.672. The van der Waals surface area contributed by atoms with E-state index in [1.54, 1.807) is 0 Å². The molecule has 272 valence electrons. The van der Waals surface area contributed by atoms with Gasteiger partial charge in [-0.3, -0.25) is 0 Å². The van der Waals surface area contributed by atoms with Crippen molar-refractivity contribution in [2.75, 3.05) is 0 Å². The van der Waals surface area contributed by atoms with Gasteiger partial charge >= 0.3 is 0 Å². The van der Waals surface area contributed by atoms with Gasteiger partial charge in [-0.05, 0) is 103 Å². The highest BCUT2D eigenvalue weighted by molar-refractivity contribution is 6.05. The predicted molar refractivity (Wildman–Crippen MR) is 239 cm³/mol. The van der Waals surface area contributed by atoms with Gasteiger partial charge in [0.15, 0.2) is 17.5 Å². The van der Waals surface area contributed by atoms with Crippen LogP contribution in [0.2, 0.25) is 0 Å². The molecule has 0 unspecified atom stereocenters. The molecule has 9 aromatic rings. The summed E-state index contributed by atoms with van der Waals surface area (Å²) in [6.07, 6.45) is 8.27. The van der Waals surface area contributed by atoms with Crippen LogP contribution in [0, 0.1) is 11.3 Å². The highest BCUT2D eigenvalue weighted by atomic mass is 15.0. The fourth-order valence-corrected chi connectivity index (χ4v) is 8.03. The smallest absolute Gasteiger partial charge is 0.164 e. The van der Waals surface area contributed by atoms with Gasteiger partial charge in [-0.1, -0.05) is 176 Å². The van der Waals surface area contributed by atoms with E-state index in [1.807, 2.05) is 54.6 Å². The molecule has 58 heavy (non-hydrogen) atoms. The maximum absolute atomic E-state index is 9.71. The fourth-order valence-electron chi connectivity index (χ4n) is 8.03. The molecule has 4 heteroatoms. The zero-order chi connectivity index (χ0) is 38.8. The van der Waals surface area contributed by atoms with Crippen molar-refractivity contribution in [2.45, 2.75) is 12.8 Å². The van der Waals surface area contributed by atoms with Crippen molar-refractivity contribution in [3.05, 3.63) is 206 Å². The lowest BCUT2D eigenvalue weighted by Crippen LogP contribution is -2.03. The predicted octanol–water partition coefficient (Wildman–Crippen LogP) is 13.8. The van der Waals surface area contributed by atoms with Crippen LogP contribution in [0.3, 0.4) is 0 Å². The number of nitrogens with zero attached hydrogens (tertiary/aromatic N) is 4. The molecule has 8 aromatic carbocycles. The lowest BCUT2D eigenvalue weighted by atomic mass is 9.88. The lowest BCUT2D eigenvalue weighted by molar-refractivity contribution is 0.978. The van der Waals surface area contributed by atoms with Gasteiger partial charge in [-0.2, -0.15) is 5.26 Å². The molecular weight excluding hydrogens is 705 g/mol. The second kappa shape index (κ2) is 15.1. The van der Waals surface area contributed by atoms with Crippen molar-refractivity contribution in [3.8, 4) is 73.4 Å². The molecule has 1 aliphatic carbocycles. The first kappa shape index (κ1) is 34.7. The fraction of sp³-hybridized carbons (Fsp3) is 0.0370. The molecule has 1 aromatic heterocycles. The molecule has 0 N–H and O–H groups in total. The first-order valence-corrected chi connectivity index (χ1v) is 19.6. The first-order chi connectivity index (χ1) is 28.7. The van der Waals surface area contributed by atoms with E-state index < -0.39 is 0 Å². The molecule has 0 saturated heterocycles. The van der Waals surface area contributed by atoms with E-state index in [-0.39, 0.29) is 0 Å². The van der Waals surface area contributed by atoms with E-state index in [0.717, 1.165) is 68.7 Å². The van der Waals surface area contributed by atoms with Gasteiger partial charge in [0.2, 0.25) is 0 Å². The second-order valence-corrected chi connectivity index (χ2v) is 14.6. The number of nitriles is 1. The Morgan fingerprint density at radius 1 is 0.431 bits per heavy atom. The summed E-state index contributed by atoms with van der Waals surface area (Å²) in [6.45, 7) is 0. The number of allylic oxidation sites excluding steroid dienone is 4. The Morgan fingerprint density at radius 2 is 1.02 bits per heavy atom. The van der Waals surface area contributed by atoms with Crippen molar-refractivity contribution >= 4 is 27.1 Å². The Morgan fingerprint density at radius 3 is 1.78 bits per heavy atom. The van der Waals surface area contributed by atoms with Gasteiger partial charge in [-0.25, -0.2) is 15.0 Å². The molecule has 4 nitrogen and oxygen atoms in total. The Bertz CT molecular complexity index is 3100. The van der Waals surface area contributed by atoms with Crippen LogP contribution >= 0.6 is 0 Å². The monoisotopic (exact) mass is 740 g/mol. The molecule has 0 radical (unpaired) electrons. The van der Waals surface area contributed by atoms with Gasteiger partial charge in [0, 0.05) is 11.1 Å². The summed E-state index contributed by atoms with van der Waals surface area (Å²) >= 11 is 0. The zero-order valence-corrected chi connectivity index (χ0v) is 31.7. The third-order valence-electron chi connectivity index (χ3n) is 11.1. The summed E-state index contributed by atoms with van der Waals surface area (Å²) in [6, 6.07) is 63.9. The summed E-state index contributed by atoms with van der Waals surface area (Å²) in [4.78, 5) is 14.8. The zero-order valence-electron chi connectivity index (χ0n) is 31.7. The average Bonchev–Trinajstić information content (AvgIpc) is 3.31. The summed E-state index contributed by atoms with van der Waals surface area (Å²) in [7, 11) is 0. The van der Waals surface area contributed by atoms with E-state index >= 15 is 0 Å². The van der Waals surface area contributed by atoms with Crippen molar-refractivity contribution < 1.29 is 0 Å². The van der Waals surface area contributed by atoms with Crippen LogP contribution in [0.5, 0.6) is 0 Å². The van der Waals surface area contributed by atoms with Gasteiger partial charge in [-0.15, -0.1) is 0 Å². The van der Waals surface area contributed by atoms with E-state index in [9.17, 15) is 5.26 Å². The minimum Gasteiger partial charge on any atom is -0.209 e. The summed E-state index contributed by atoms with van der Waals surface area (Å²) in [5.74, 6) is 2.09. The maximum Gasteiger partial charge on any atom is 0.164 e. The van der Waals surface area contributed by atoms with E-state index in [4.69, 9.17) is 15.0 Å². The largest absolute Gasteiger partial charge is 0.209 e. The molecule has 0 spiro atoms. The van der Waals surface area contributed by atoms with Crippen molar-refractivity contribution in [2.24, 2.45) is 0 Å². The molecular formula is C54H36N4. The van der Waals surface area contributed by atoms with E-state index in [0.29, 0.717) is 17.2 Å². The minimum atomic E-state index is 0.672. The number of fused-ring (bicyclic) bond motifs is 2. The number of aromatic nitrogens is 3. The highest BCUT2D eigenvalue weighted by Gasteiger charge is 2.16. The van der Waals surface area contributed by atoms with Crippen molar-refractivity contribution in [3.63, 3.8) is 0 Å². The van der Waals surface area contributed by atoms with Crippen molar-refractivity contribution in [1.29, 1.82) is 5.26 Å². The molecule has 0 fully saturated rings. The molecule has 1 heterocycles. The molecule has 10 rings (SSSR count). The van der Waals surface area contributed by atoms with Gasteiger partial charge in [0.1, 0.15) is 0 Å². The number of hydrogen-bond donors (Lipinski definition) is 0. The van der Waals surface area contributed by atoms with Gasteiger partial charge in [0.05, 0.1) is 11.6 Å². The van der Waals surface area contributed by atoms with Crippen LogP contribution < -0.4 is 0 Å². The molecule has 0 saturated carbocycles.